The Bertz CT molecular complexity index is 183. The third-order valence-corrected chi connectivity index (χ3v) is 2.64. The van der Waals surface area contributed by atoms with Gasteiger partial charge >= 0.3 is 0 Å². The number of hydrogen-bond acceptors (Lipinski definition) is 2. The number of hydrogen-bond donors (Lipinski definition) is 1. The summed E-state index contributed by atoms with van der Waals surface area (Å²) in [5, 5.41) is 9.75. The van der Waals surface area contributed by atoms with Crippen LogP contribution in [0.25, 0.3) is 0 Å². The maximum atomic E-state index is 9.75. The van der Waals surface area contributed by atoms with E-state index in [4.69, 9.17) is 11.2 Å². The molecule has 2 heteroatoms. The Morgan fingerprint density at radius 2 is 2.46 bits per heavy atom. The fraction of sp³-hybridized carbons (Fsp3) is 0.818. The lowest BCUT2D eigenvalue weighted by atomic mass is 9.96. The molecule has 1 saturated heterocycles. The van der Waals surface area contributed by atoms with Crippen molar-refractivity contribution in [2.45, 2.75) is 44.8 Å². The molecule has 0 aromatic carbocycles. The topological polar surface area (TPSA) is 29.5 Å². The minimum atomic E-state index is -0.328. The molecule has 74 valence electrons. The van der Waals surface area contributed by atoms with E-state index in [2.05, 4.69) is 12.8 Å². The first-order valence-corrected chi connectivity index (χ1v) is 4.99. The highest BCUT2D eigenvalue weighted by Crippen LogP contribution is 2.24. The zero-order chi connectivity index (χ0) is 9.68. The molecule has 0 spiro atoms. The summed E-state index contributed by atoms with van der Waals surface area (Å²) >= 11 is 0. The van der Waals surface area contributed by atoms with Gasteiger partial charge in [0.25, 0.3) is 0 Å². The van der Waals surface area contributed by atoms with Gasteiger partial charge in [0, 0.05) is 13.0 Å². The minimum absolute atomic E-state index is 0.0396. The molecule has 3 unspecified atom stereocenters. The molecule has 0 amide bonds. The Labute approximate surface area is 80.3 Å². The molecule has 3 atom stereocenters. The van der Waals surface area contributed by atoms with Crippen molar-refractivity contribution in [3.8, 4) is 12.3 Å². The van der Waals surface area contributed by atoms with Gasteiger partial charge in [-0.25, -0.2) is 0 Å². The van der Waals surface area contributed by atoms with Gasteiger partial charge in [-0.2, -0.15) is 0 Å². The predicted molar refractivity (Wildman–Crippen MR) is 52.2 cm³/mol. The van der Waals surface area contributed by atoms with E-state index < -0.39 is 0 Å². The van der Waals surface area contributed by atoms with Crippen molar-refractivity contribution in [3.63, 3.8) is 0 Å². The van der Waals surface area contributed by atoms with E-state index >= 15 is 0 Å². The summed E-state index contributed by atoms with van der Waals surface area (Å²) in [6.07, 6.45) is 8.32. The van der Waals surface area contributed by atoms with Crippen LogP contribution in [0, 0.1) is 18.3 Å². The van der Waals surface area contributed by atoms with Crippen LogP contribution in [0.1, 0.15) is 32.6 Å². The van der Waals surface area contributed by atoms with Crippen LogP contribution < -0.4 is 0 Å². The van der Waals surface area contributed by atoms with Crippen LogP contribution in [0.2, 0.25) is 0 Å². The number of terminal acetylenes is 1. The largest absolute Gasteiger partial charge is 0.390 e. The van der Waals surface area contributed by atoms with E-state index in [1.54, 1.807) is 0 Å². The second kappa shape index (κ2) is 5.26. The third kappa shape index (κ3) is 3.02. The van der Waals surface area contributed by atoms with Crippen molar-refractivity contribution >= 4 is 0 Å². The molecule has 0 aromatic heterocycles. The molecule has 0 aliphatic carbocycles. The number of unbranched alkanes of at least 4 members (excludes halogenated alkanes) is 1. The van der Waals surface area contributed by atoms with Crippen LogP contribution in [0.5, 0.6) is 0 Å². The number of aliphatic hydroxyl groups is 1. The summed E-state index contributed by atoms with van der Waals surface area (Å²) in [7, 11) is 0. The first-order chi connectivity index (χ1) is 6.25. The second-order valence-electron chi connectivity index (χ2n) is 3.77. The van der Waals surface area contributed by atoms with Gasteiger partial charge in [0.15, 0.2) is 0 Å². The van der Waals surface area contributed by atoms with Crippen LogP contribution in [0.4, 0.5) is 0 Å². The summed E-state index contributed by atoms with van der Waals surface area (Å²) in [5.41, 5.74) is 0. The molecule has 0 bridgehead atoms. The summed E-state index contributed by atoms with van der Waals surface area (Å²) < 4.78 is 5.46. The van der Waals surface area contributed by atoms with Gasteiger partial charge in [0.2, 0.25) is 0 Å². The standard InChI is InChI=1S/C11H18O2/c1-3-4-5-6-10(12)11-9(2)7-8-13-11/h1,9-12H,4-8H2,2H3. The molecule has 1 N–H and O–H groups in total. The molecule has 1 fully saturated rings. The van der Waals surface area contributed by atoms with E-state index in [1.807, 2.05) is 0 Å². The monoisotopic (exact) mass is 182 g/mol. The third-order valence-electron chi connectivity index (χ3n) is 2.64. The highest BCUT2D eigenvalue weighted by Gasteiger charge is 2.30. The smallest absolute Gasteiger partial charge is 0.0860 e. The van der Waals surface area contributed by atoms with Crippen molar-refractivity contribution in [1.29, 1.82) is 0 Å². The molecule has 0 saturated carbocycles. The van der Waals surface area contributed by atoms with E-state index in [0.717, 1.165) is 32.3 Å². The van der Waals surface area contributed by atoms with Gasteiger partial charge in [0.1, 0.15) is 0 Å². The van der Waals surface area contributed by atoms with Crippen LogP contribution in [0.15, 0.2) is 0 Å². The van der Waals surface area contributed by atoms with Gasteiger partial charge < -0.3 is 9.84 Å². The maximum absolute atomic E-state index is 9.75. The second-order valence-corrected chi connectivity index (χ2v) is 3.77. The van der Waals surface area contributed by atoms with Gasteiger partial charge in [-0.05, 0) is 25.2 Å². The minimum Gasteiger partial charge on any atom is -0.390 e. The molecule has 1 aliphatic heterocycles. The first kappa shape index (κ1) is 10.6. The molecule has 13 heavy (non-hydrogen) atoms. The number of ether oxygens (including phenoxy) is 1. The van der Waals surface area contributed by atoms with Crippen LogP contribution in [-0.4, -0.2) is 23.9 Å². The van der Waals surface area contributed by atoms with Crippen molar-refractivity contribution in [2.24, 2.45) is 5.92 Å². The van der Waals surface area contributed by atoms with Crippen molar-refractivity contribution < 1.29 is 9.84 Å². The van der Waals surface area contributed by atoms with Crippen molar-refractivity contribution in [2.75, 3.05) is 6.61 Å². The lowest BCUT2D eigenvalue weighted by molar-refractivity contribution is -0.0206. The molecule has 1 rings (SSSR count). The maximum Gasteiger partial charge on any atom is 0.0860 e. The normalized spacial score (nSPS) is 29.9. The predicted octanol–water partition coefficient (Wildman–Crippen LogP) is 1.58. The quantitative estimate of drug-likeness (QED) is 0.528. The first-order valence-electron chi connectivity index (χ1n) is 4.99. The highest BCUT2D eigenvalue weighted by molar-refractivity contribution is 4.85. The SMILES string of the molecule is C#CCCCC(O)C1OCCC1C. The zero-order valence-corrected chi connectivity index (χ0v) is 8.20. The van der Waals surface area contributed by atoms with Crippen molar-refractivity contribution in [3.05, 3.63) is 0 Å². The molecule has 2 nitrogen and oxygen atoms in total. The summed E-state index contributed by atoms with van der Waals surface area (Å²) in [6, 6.07) is 0. The Hall–Kier alpha value is -0.520. The van der Waals surface area contributed by atoms with Gasteiger partial charge in [-0.3, -0.25) is 0 Å². The van der Waals surface area contributed by atoms with Gasteiger partial charge in [-0.1, -0.05) is 6.92 Å². The Morgan fingerprint density at radius 1 is 1.69 bits per heavy atom. The summed E-state index contributed by atoms with van der Waals surface area (Å²) in [6.45, 7) is 2.92. The van der Waals surface area contributed by atoms with Gasteiger partial charge in [-0.15, -0.1) is 12.3 Å². The average molecular weight is 182 g/mol. The van der Waals surface area contributed by atoms with Crippen molar-refractivity contribution in [1.82, 2.24) is 0 Å². The van der Waals surface area contributed by atoms with E-state index in [-0.39, 0.29) is 12.2 Å². The average Bonchev–Trinajstić information content (AvgIpc) is 2.52. The Kier molecular flexibility index (Phi) is 4.27. The lowest BCUT2D eigenvalue weighted by Crippen LogP contribution is -2.29. The fourth-order valence-electron chi connectivity index (χ4n) is 1.79. The molecule has 1 aliphatic rings. The fourth-order valence-corrected chi connectivity index (χ4v) is 1.79. The summed E-state index contributed by atoms with van der Waals surface area (Å²) in [4.78, 5) is 0. The van der Waals surface area contributed by atoms with Crippen LogP contribution in [-0.2, 0) is 4.74 Å². The zero-order valence-electron chi connectivity index (χ0n) is 8.20. The van der Waals surface area contributed by atoms with E-state index in [1.165, 1.54) is 0 Å². The molecule has 1 heterocycles. The molecule has 0 radical (unpaired) electrons. The lowest BCUT2D eigenvalue weighted by Gasteiger charge is -2.20. The van der Waals surface area contributed by atoms with E-state index in [0.29, 0.717) is 5.92 Å². The Morgan fingerprint density at radius 3 is 3.00 bits per heavy atom. The van der Waals surface area contributed by atoms with Crippen LogP contribution in [0.3, 0.4) is 0 Å². The molecule has 0 aromatic rings. The number of aliphatic hydroxyl groups excluding tert-OH is 1. The number of rotatable bonds is 4. The highest BCUT2D eigenvalue weighted by atomic mass is 16.5. The Balaban J connectivity index is 2.22. The summed E-state index contributed by atoms with van der Waals surface area (Å²) in [5.74, 6) is 3.06. The molecular formula is C11H18O2. The molecular weight excluding hydrogens is 164 g/mol. The van der Waals surface area contributed by atoms with Crippen LogP contribution >= 0.6 is 0 Å². The van der Waals surface area contributed by atoms with E-state index in [9.17, 15) is 5.11 Å². The van der Waals surface area contributed by atoms with Gasteiger partial charge in [0.05, 0.1) is 12.2 Å².